The van der Waals surface area contributed by atoms with Gasteiger partial charge in [0.15, 0.2) is 0 Å². The molecule has 0 aliphatic carbocycles. The van der Waals surface area contributed by atoms with Crippen LogP contribution in [0, 0.1) is 0 Å². The van der Waals surface area contributed by atoms with E-state index >= 15 is 0 Å². The van der Waals surface area contributed by atoms with Gasteiger partial charge in [-0.15, -0.1) is 11.3 Å². The number of urea groups is 1. The first-order valence-corrected chi connectivity index (χ1v) is 5.27. The van der Waals surface area contributed by atoms with Crippen LogP contribution in [0.5, 0.6) is 0 Å². The second-order valence-corrected chi connectivity index (χ2v) is 3.98. The topological polar surface area (TPSA) is 49.4 Å². The maximum atomic E-state index is 11.5. The zero-order chi connectivity index (χ0) is 10.1. The van der Waals surface area contributed by atoms with Gasteiger partial charge in [0.25, 0.3) is 5.91 Å². The summed E-state index contributed by atoms with van der Waals surface area (Å²) in [5.41, 5.74) is 0. The van der Waals surface area contributed by atoms with E-state index in [1.54, 1.807) is 0 Å². The molecule has 1 aromatic heterocycles. The van der Waals surface area contributed by atoms with Gasteiger partial charge in [0.2, 0.25) is 0 Å². The summed E-state index contributed by atoms with van der Waals surface area (Å²) >= 11 is 1.49. The number of hydrogen-bond acceptors (Lipinski definition) is 3. The van der Waals surface area contributed by atoms with Crippen LogP contribution in [0.4, 0.5) is 4.79 Å². The van der Waals surface area contributed by atoms with Crippen LogP contribution in [-0.4, -0.2) is 23.4 Å². The minimum absolute atomic E-state index is 0.223. The standard InChI is InChI=1S/C9H10N2O2S/c1-2-11-7(6-4-3-5-14-6)8(12)10-9(11)13/h3-5,7H,2H2,1H3,(H,10,12,13)/t7-/m0/s1. The third kappa shape index (κ3) is 1.29. The van der Waals surface area contributed by atoms with E-state index in [-0.39, 0.29) is 11.9 Å². The molecule has 1 aromatic rings. The Morgan fingerprint density at radius 2 is 2.36 bits per heavy atom. The third-order valence-corrected chi connectivity index (χ3v) is 3.13. The number of nitrogens with zero attached hydrogens (tertiary/aromatic N) is 1. The molecular weight excluding hydrogens is 200 g/mol. The normalized spacial score (nSPS) is 21.5. The molecule has 74 valence electrons. The summed E-state index contributed by atoms with van der Waals surface area (Å²) < 4.78 is 0. The Morgan fingerprint density at radius 1 is 1.57 bits per heavy atom. The minimum atomic E-state index is -0.424. The third-order valence-electron chi connectivity index (χ3n) is 2.20. The van der Waals surface area contributed by atoms with Crippen LogP contribution in [0.15, 0.2) is 17.5 Å². The van der Waals surface area contributed by atoms with Crippen LogP contribution >= 0.6 is 11.3 Å². The Bertz CT molecular complexity index is 361. The molecule has 3 amide bonds. The molecule has 4 nitrogen and oxygen atoms in total. The highest BCUT2D eigenvalue weighted by atomic mass is 32.1. The number of imide groups is 1. The van der Waals surface area contributed by atoms with Crippen LogP contribution in [0.25, 0.3) is 0 Å². The Kier molecular flexibility index (Phi) is 2.25. The molecule has 0 spiro atoms. The van der Waals surface area contributed by atoms with Crippen molar-refractivity contribution in [1.82, 2.24) is 10.2 Å². The second kappa shape index (κ2) is 3.42. The number of hydrogen-bond donors (Lipinski definition) is 1. The van der Waals surface area contributed by atoms with E-state index in [0.29, 0.717) is 6.54 Å². The summed E-state index contributed by atoms with van der Waals surface area (Å²) in [7, 11) is 0. The Labute approximate surface area is 85.5 Å². The van der Waals surface area contributed by atoms with Gasteiger partial charge in [-0.25, -0.2) is 4.79 Å². The van der Waals surface area contributed by atoms with E-state index < -0.39 is 6.04 Å². The van der Waals surface area contributed by atoms with E-state index in [1.807, 2.05) is 24.4 Å². The monoisotopic (exact) mass is 210 g/mol. The average Bonchev–Trinajstić information content (AvgIpc) is 2.72. The molecule has 2 rings (SSSR count). The summed E-state index contributed by atoms with van der Waals surface area (Å²) in [5.74, 6) is -0.223. The fourth-order valence-electron chi connectivity index (χ4n) is 1.56. The number of amides is 3. The minimum Gasteiger partial charge on any atom is -0.308 e. The van der Waals surface area contributed by atoms with Crippen molar-refractivity contribution in [2.24, 2.45) is 0 Å². The summed E-state index contributed by atoms with van der Waals surface area (Å²) in [6.07, 6.45) is 0. The summed E-state index contributed by atoms with van der Waals surface area (Å²) in [5, 5.41) is 4.21. The Morgan fingerprint density at radius 3 is 2.93 bits per heavy atom. The van der Waals surface area contributed by atoms with Crippen molar-refractivity contribution in [2.45, 2.75) is 13.0 Å². The average molecular weight is 210 g/mol. The van der Waals surface area contributed by atoms with Gasteiger partial charge in [0.1, 0.15) is 6.04 Å². The predicted octanol–water partition coefficient (Wildman–Crippen LogP) is 1.36. The molecule has 1 aliphatic heterocycles. The number of nitrogens with one attached hydrogen (secondary N) is 1. The molecule has 1 aliphatic rings. The molecule has 1 atom stereocenters. The second-order valence-electron chi connectivity index (χ2n) is 3.00. The highest BCUT2D eigenvalue weighted by Crippen LogP contribution is 2.28. The first kappa shape index (κ1) is 9.21. The maximum absolute atomic E-state index is 11.5. The number of carbonyl (C=O) groups excluding carboxylic acids is 2. The van der Waals surface area contributed by atoms with Gasteiger partial charge in [0.05, 0.1) is 0 Å². The SMILES string of the molecule is CCN1C(=O)NC(=O)[C@@H]1c1cccs1. The van der Waals surface area contributed by atoms with E-state index in [0.717, 1.165) is 4.88 Å². The predicted molar refractivity (Wildman–Crippen MR) is 53.0 cm³/mol. The lowest BCUT2D eigenvalue weighted by Gasteiger charge is -2.17. The zero-order valence-corrected chi connectivity index (χ0v) is 8.50. The van der Waals surface area contributed by atoms with Crippen molar-refractivity contribution in [3.05, 3.63) is 22.4 Å². The van der Waals surface area contributed by atoms with Crippen molar-refractivity contribution in [2.75, 3.05) is 6.54 Å². The Balaban J connectivity index is 2.33. The van der Waals surface area contributed by atoms with Crippen LogP contribution in [0.3, 0.4) is 0 Å². The zero-order valence-electron chi connectivity index (χ0n) is 7.69. The highest BCUT2D eigenvalue weighted by Gasteiger charge is 2.38. The number of carbonyl (C=O) groups is 2. The van der Waals surface area contributed by atoms with Gasteiger partial charge in [0, 0.05) is 11.4 Å². The van der Waals surface area contributed by atoms with Crippen LogP contribution in [-0.2, 0) is 4.79 Å². The van der Waals surface area contributed by atoms with E-state index in [2.05, 4.69) is 5.32 Å². The number of thiophene rings is 1. The largest absolute Gasteiger partial charge is 0.325 e. The van der Waals surface area contributed by atoms with Gasteiger partial charge in [-0.2, -0.15) is 0 Å². The first-order chi connectivity index (χ1) is 6.74. The first-order valence-electron chi connectivity index (χ1n) is 4.39. The molecule has 2 heterocycles. The molecule has 1 N–H and O–H groups in total. The van der Waals surface area contributed by atoms with Crippen molar-refractivity contribution in [3.63, 3.8) is 0 Å². The highest BCUT2D eigenvalue weighted by molar-refractivity contribution is 7.10. The van der Waals surface area contributed by atoms with Gasteiger partial charge in [-0.3, -0.25) is 10.1 Å². The maximum Gasteiger partial charge on any atom is 0.325 e. The van der Waals surface area contributed by atoms with E-state index in [9.17, 15) is 9.59 Å². The van der Waals surface area contributed by atoms with Crippen molar-refractivity contribution in [3.8, 4) is 0 Å². The lowest BCUT2D eigenvalue weighted by molar-refractivity contribution is -0.121. The number of likely N-dealkylation sites (N-methyl/N-ethyl adjacent to an activating group) is 1. The molecule has 0 saturated carbocycles. The van der Waals surface area contributed by atoms with Crippen LogP contribution in [0.1, 0.15) is 17.8 Å². The van der Waals surface area contributed by atoms with Crippen molar-refractivity contribution < 1.29 is 9.59 Å². The summed E-state index contributed by atoms with van der Waals surface area (Å²) in [6, 6.07) is 3.03. The molecule has 0 unspecified atom stereocenters. The van der Waals surface area contributed by atoms with Gasteiger partial charge in [-0.1, -0.05) is 6.07 Å². The van der Waals surface area contributed by atoms with Crippen LogP contribution in [0.2, 0.25) is 0 Å². The quantitative estimate of drug-likeness (QED) is 0.749. The summed E-state index contributed by atoms with van der Waals surface area (Å²) in [4.78, 5) is 25.3. The molecule has 1 saturated heterocycles. The lowest BCUT2D eigenvalue weighted by atomic mass is 10.2. The van der Waals surface area contributed by atoms with E-state index in [1.165, 1.54) is 16.2 Å². The fourth-order valence-corrected chi connectivity index (χ4v) is 2.39. The molecule has 5 heteroatoms. The van der Waals surface area contributed by atoms with Crippen molar-refractivity contribution >= 4 is 23.3 Å². The van der Waals surface area contributed by atoms with Gasteiger partial charge < -0.3 is 4.90 Å². The molecule has 0 bridgehead atoms. The van der Waals surface area contributed by atoms with Gasteiger partial charge >= 0.3 is 6.03 Å². The molecule has 0 radical (unpaired) electrons. The molecule has 14 heavy (non-hydrogen) atoms. The lowest BCUT2D eigenvalue weighted by Crippen LogP contribution is -2.29. The molecule has 0 aromatic carbocycles. The van der Waals surface area contributed by atoms with Crippen molar-refractivity contribution in [1.29, 1.82) is 0 Å². The molecule has 1 fully saturated rings. The Hall–Kier alpha value is -1.36. The summed E-state index contributed by atoms with van der Waals surface area (Å²) in [6.45, 7) is 2.40. The smallest absolute Gasteiger partial charge is 0.308 e. The van der Waals surface area contributed by atoms with Gasteiger partial charge in [-0.05, 0) is 18.4 Å². The number of rotatable bonds is 2. The fraction of sp³-hybridized carbons (Fsp3) is 0.333. The molecular formula is C9H10N2O2S. The van der Waals surface area contributed by atoms with E-state index in [4.69, 9.17) is 0 Å². The van der Waals surface area contributed by atoms with Crippen LogP contribution < -0.4 is 5.32 Å².